The molecule has 3 N–H and O–H groups in total. The molecule has 0 atom stereocenters. The van der Waals surface area contributed by atoms with Crippen LogP contribution in [0.5, 0.6) is 0 Å². The number of hydrogen-bond donors (Lipinski definition) is 2. The zero-order valence-corrected chi connectivity index (χ0v) is 10.7. The summed E-state index contributed by atoms with van der Waals surface area (Å²) in [6, 6.07) is 6.10. The molecule has 0 saturated heterocycles. The van der Waals surface area contributed by atoms with Crippen molar-refractivity contribution in [3.05, 3.63) is 24.3 Å². The summed E-state index contributed by atoms with van der Waals surface area (Å²) < 4.78 is 31.2. The minimum Gasteiger partial charge on any atom is -0.399 e. The highest BCUT2D eigenvalue weighted by Gasteiger charge is 2.12. The van der Waals surface area contributed by atoms with E-state index in [1.54, 1.807) is 12.1 Å². The largest absolute Gasteiger partial charge is 0.399 e. The first-order chi connectivity index (χ1) is 8.06. The lowest BCUT2D eigenvalue weighted by Crippen LogP contribution is -2.25. The molecule has 0 bridgehead atoms. The molecular weight excluding hydrogens is 240 g/mol. The van der Waals surface area contributed by atoms with Gasteiger partial charge in [-0.05, 0) is 37.6 Å². The maximum Gasteiger partial charge on any atom is 0.240 e. The van der Waals surface area contributed by atoms with Gasteiger partial charge < -0.3 is 10.5 Å². The van der Waals surface area contributed by atoms with Crippen molar-refractivity contribution in [2.24, 2.45) is 0 Å². The van der Waals surface area contributed by atoms with E-state index < -0.39 is 10.0 Å². The smallest absolute Gasteiger partial charge is 0.240 e. The normalized spacial score (nSPS) is 11.6. The van der Waals surface area contributed by atoms with Gasteiger partial charge in [0, 0.05) is 25.4 Å². The number of nitrogen functional groups attached to an aromatic ring is 1. The first-order valence-corrected chi connectivity index (χ1v) is 6.97. The molecule has 0 aliphatic carbocycles. The minimum absolute atomic E-state index is 0.225. The molecule has 0 radical (unpaired) electrons. The molecule has 0 aliphatic heterocycles. The monoisotopic (exact) mass is 258 g/mol. The molecular formula is C11H18N2O3S. The van der Waals surface area contributed by atoms with Crippen LogP contribution in [-0.4, -0.2) is 28.2 Å². The van der Waals surface area contributed by atoms with Crippen molar-refractivity contribution in [3.8, 4) is 0 Å². The Labute approximate surface area is 102 Å². The number of rotatable bonds is 7. The maximum absolute atomic E-state index is 11.8. The van der Waals surface area contributed by atoms with Crippen LogP contribution >= 0.6 is 0 Å². The molecule has 1 rings (SSSR count). The van der Waals surface area contributed by atoms with Crippen LogP contribution in [-0.2, 0) is 14.8 Å². The molecule has 96 valence electrons. The maximum atomic E-state index is 11.8. The Balaban J connectivity index is 2.48. The Morgan fingerprint density at radius 2 is 1.94 bits per heavy atom. The van der Waals surface area contributed by atoms with Crippen LogP contribution in [0.25, 0.3) is 0 Å². The summed E-state index contributed by atoms with van der Waals surface area (Å²) in [4.78, 5) is 0.225. The zero-order chi connectivity index (χ0) is 12.7. The Bertz CT molecular complexity index is 429. The van der Waals surface area contributed by atoms with Crippen LogP contribution < -0.4 is 10.5 Å². The lowest BCUT2D eigenvalue weighted by Gasteiger charge is -2.06. The number of sulfonamides is 1. The molecule has 0 spiro atoms. The van der Waals surface area contributed by atoms with Gasteiger partial charge in [-0.2, -0.15) is 0 Å². The number of benzene rings is 1. The zero-order valence-electron chi connectivity index (χ0n) is 9.85. The molecule has 5 nitrogen and oxygen atoms in total. The third-order valence-electron chi connectivity index (χ3n) is 2.15. The van der Waals surface area contributed by atoms with Crippen molar-refractivity contribution in [2.45, 2.75) is 18.2 Å². The van der Waals surface area contributed by atoms with Gasteiger partial charge in [-0.3, -0.25) is 0 Å². The van der Waals surface area contributed by atoms with Crippen molar-refractivity contribution in [3.63, 3.8) is 0 Å². The summed E-state index contributed by atoms with van der Waals surface area (Å²) in [6.45, 7) is 3.47. The van der Waals surface area contributed by atoms with E-state index in [1.807, 2.05) is 6.92 Å². The Kier molecular flexibility index (Phi) is 5.40. The summed E-state index contributed by atoms with van der Waals surface area (Å²) in [5, 5.41) is 0. The van der Waals surface area contributed by atoms with Gasteiger partial charge in [-0.15, -0.1) is 0 Å². The van der Waals surface area contributed by atoms with Gasteiger partial charge >= 0.3 is 0 Å². The molecule has 17 heavy (non-hydrogen) atoms. The van der Waals surface area contributed by atoms with E-state index in [-0.39, 0.29) is 4.90 Å². The van der Waals surface area contributed by atoms with E-state index in [2.05, 4.69) is 4.72 Å². The van der Waals surface area contributed by atoms with Gasteiger partial charge in [0.05, 0.1) is 4.90 Å². The third kappa shape index (κ3) is 4.72. The summed E-state index contributed by atoms with van der Waals surface area (Å²) in [5.41, 5.74) is 6.04. The molecule has 0 aromatic heterocycles. The van der Waals surface area contributed by atoms with Crippen LogP contribution in [0.4, 0.5) is 5.69 Å². The number of nitrogens with two attached hydrogens (primary N) is 1. The van der Waals surface area contributed by atoms with E-state index in [9.17, 15) is 8.42 Å². The van der Waals surface area contributed by atoms with Crippen molar-refractivity contribution in [1.29, 1.82) is 0 Å². The Hall–Kier alpha value is -1.11. The van der Waals surface area contributed by atoms with Crippen LogP contribution in [0.2, 0.25) is 0 Å². The SMILES string of the molecule is CCOCCCNS(=O)(=O)c1ccc(N)cc1. The highest BCUT2D eigenvalue weighted by atomic mass is 32.2. The molecule has 0 unspecified atom stereocenters. The first kappa shape index (κ1) is 14.0. The second-order valence-corrected chi connectivity index (χ2v) is 5.28. The van der Waals surface area contributed by atoms with Crippen molar-refractivity contribution >= 4 is 15.7 Å². The van der Waals surface area contributed by atoms with E-state index >= 15 is 0 Å². The Morgan fingerprint density at radius 3 is 2.53 bits per heavy atom. The average Bonchev–Trinajstić information content (AvgIpc) is 2.29. The second-order valence-electron chi connectivity index (χ2n) is 3.52. The van der Waals surface area contributed by atoms with Gasteiger partial charge in [0.15, 0.2) is 0 Å². The summed E-state index contributed by atoms with van der Waals surface area (Å²) in [7, 11) is -3.43. The number of ether oxygens (including phenoxy) is 1. The van der Waals surface area contributed by atoms with Gasteiger partial charge in [-0.25, -0.2) is 13.1 Å². The lowest BCUT2D eigenvalue weighted by molar-refractivity contribution is 0.146. The highest BCUT2D eigenvalue weighted by Crippen LogP contribution is 2.11. The van der Waals surface area contributed by atoms with Crippen molar-refractivity contribution in [2.75, 3.05) is 25.5 Å². The van der Waals surface area contributed by atoms with Gasteiger partial charge in [0.1, 0.15) is 0 Å². The van der Waals surface area contributed by atoms with Crippen molar-refractivity contribution in [1.82, 2.24) is 4.72 Å². The van der Waals surface area contributed by atoms with E-state index in [0.717, 1.165) is 0 Å². The van der Waals surface area contributed by atoms with Crippen LogP contribution in [0, 0.1) is 0 Å². The summed E-state index contributed by atoms with van der Waals surface area (Å²) in [5.74, 6) is 0. The van der Waals surface area contributed by atoms with E-state index in [0.29, 0.717) is 31.9 Å². The standard InChI is InChI=1S/C11H18N2O3S/c1-2-16-9-3-8-13-17(14,15)11-6-4-10(12)5-7-11/h4-7,13H,2-3,8-9,12H2,1H3. The number of anilines is 1. The van der Waals surface area contributed by atoms with Crippen LogP contribution in [0.1, 0.15) is 13.3 Å². The molecule has 0 aliphatic rings. The lowest BCUT2D eigenvalue weighted by atomic mass is 10.3. The van der Waals surface area contributed by atoms with E-state index in [4.69, 9.17) is 10.5 Å². The van der Waals surface area contributed by atoms with Crippen LogP contribution in [0.15, 0.2) is 29.2 Å². The van der Waals surface area contributed by atoms with Gasteiger partial charge in [-0.1, -0.05) is 0 Å². The molecule has 0 heterocycles. The molecule has 1 aromatic carbocycles. The quantitative estimate of drug-likeness (QED) is 0.564. The van der Waals surface area contributed by atoms with Gasteiger partial charge in [0.2, 0.25) is 10.0 Å². The highest BCUT2D eigenvalue weighted by molar-refractivity contribution is 7.89. The Morgan fingerprint density at radius 1 is 1.29 bits per heavy atom. The predicted octanol–water partition coefficient (Wildman–Crippen LogP) is 0.974. The van der Waals surface area contributed by atoms with Gasteiger partial charge in [0.25, 0.3) is 0 Å². The molecule has 6 heteroatoms. The third-order valence-corrected chi connectivity index (χ3v) is 3.63. The average molecular weight is 258 g/mol. The fourth-order valence-electron chi connectivity index (χ4n) is 1.26. The molecule has 1 aromatic rings. The number of nitrogens with one attached hydrogen (secondary N) is 1. The summed E-state index contributed by atoms with van der Waals surface area (Å²) in [6.07, 6.45) is 0.655. The molecule has 0 saturated carbocycles. The molecule has 0 fully saturated rings. The second kappa shape index (κ2) is 6.58. The minimum atomic E-state index is -3.43. The molecule has 0 amide bonds. The number of hydrogen-bond acceptors (Lipinski definition) is 4. The fraction of sp³-hybridized carbons (Fsp3) is 0.455. The summed E-state index contributed by atoms with van der Waals surface area (Å²) >= 11 is 0. The topological polar surface area (TPSA) is 81.4 Å². The fourth-order valence-corrected chi connectivity index (χ4v) is 2.33. The predicted molar refractivity (Wildman–Crippen MR) is 67.2 cm³/mol. The van der Waals surface area contributed by atoms with Crippen molar-refractivity contribution < 1.29 is 13.2 Å². The van der Waals surface area contributed by atoms with E-state index in [1.165, 1.54) is 12.1 Å². The van der Waals surface area contributed by atoms with Crippen LogP contribution in [0.3, 0.4) is 0 Å². The first-order valence-electron chi connectivity index (χ1n) is 5.49.